The van der Waals surface area contributed by atoms with Crippen molar-refractivity contribution in [2.45, 2.75) is 20.0 Å². The van der Waals surface area contributed by atoms with Gasteiger partial charge in [0.05, 0.1) is 11.1 Å². The van der Waals surface area contributed by atoms with Gasteiger partial charge in [0.1, 0.15) is 0 Å². The Bertz CT molecular complexity index is 1000. The van der Waals surface area contributed by atoms with Crippen LogP contribution in [0.4, 0.5) is 13.2 Å². The molecule has 0 amide bonds. The Hall–Kier alpha value is -2.56. The largest absolute Gasteiger partial charge is 0.417 e. The van der Waals surface area contributed by atoms with Crippen LogP contribution in [0.1, 0.15) is 16.8 Å². The van der Waals surface area contributed by atoms with Crippen LogP contribution in [0.2, 0.25) is 0 Å². The zero-order valence-corrected chi connectivity index (χ0v) is 13.5. The van der Waals surface area contributed by atoms with Crippen LogP contribution in [0.5, 0.6) is 0 Å². The Labute approximate surface area is 137 Å². The van der Waals surface area contributed by atoms with Crippen molar-refractivity contribution in [3.05, 3.63) is 69.6 Å². The van der Waals surface area contributed by atoms with Crippen molar-refractivity contribution < 1.29 is 13.2 Å². The summed E-state index contributed by atoms with van der Waals surface area (Å²) in [5.41, 5.74) is -0.302. The second-order valence-electron chi connectivity index (χ2n) is 5.91. The van der Waals surface area contributed by atoms with Gasteiger partial charge in [0, 0.05) is 12.7 Å². The van der Waals surface area contributed by atoms with Gasteiger partial charge in [-0.05, 0) is 41.8 Å². The molecule has 0 radical (unpaired) electrons. The Morgan fingerprint density at radius 1 is 0.958 bits per heavy atom. The molecule has 3 rings (SSSR count). The second kappa shape index (κ2) is 5.51. The van der Waals surface area contributed by atoms with Gasteiger partial charge in [-0.3, -0.25) is 4.79 Å². The summed E-state index contributed by atoms with van der Waals surface area (Å²) in [7, 11) is 1.48. The van der Waals surface area contributed by atoms with E-state index in [1.807, 2.05) is 19.1 Å². The number of halogens is 3. The third-order valence-corrected chi connectivity index (χ3v) is 4.39. The van der Waals surface area contributed by atoms with Crippen molar-refractivity contribution in [3.63, 3.8) is 0 Å². The summed E-state index contributed by atoms with van der Waals surface area (Å²) in [6.45, 7) is 3.39. The number of fused-ring (bicyclic) bond motifs is 1. The number of pyridine rings is 1. The molecule has 1 aromatic heterocycles. The van der Waals surface area contributed by atoms with Crippen LogP contribution in [0.15, 0.2) is 47.3 Å². The number of nitrogens with zero attached hydrogens (tertiary/aromatic N) is 1. The van der Waals surface area contributed by atoms with Crippen LogP contribution in [-0.4, -0.2) is 4.57 Å². The highest BCUT2D eigenvalue weighted by Gasteiger charge is 2.36. The topological polar surface area (TPSA) is 22.0 Å². The van der Waals surface area contributed by atoms with Gasteiger partial charge < -0.3 is 4.57 Å². The van der Waals surface area contributed by atoms with Crippen LogP contribution in [0, 0.1) is 13.8 Å². The minimum Gasteiger partial charge on any atom is -0.315 e. The standard InChI is InChI=1S/C19H16F3NO/c1-11-8-9-15(14-7-5-4-6-13(11)14)17-16(19(20,21)22)10-12(2)23(3)18(17)24/h4-10H,1-3H3. The number of aromatic nitrogens is 1. The molecule has 0 aliphatic rings. The maximum Gasteiger partial charge on any atom is 0.417 e. The van der Waals surface area contributed by atoms with Crippen LogP contribution >= 0.6 is 0 Å². The number of aryl methyl sites for hydroxylation is 2. The fourth-order valence-electron chi connectivity index (χ4n) is 2.97. The van der Waals surface area contributed by atoms with E-state index in [-0.39, 0.29) is 11.3 Å². The monoisotopic (exact) mass is 331 g/mol. The molecule has 3 aromatic rings. The first-order valence-electron chi connectivity index (χ1n) is 7.48. The molecule has 0 aliphatic heterocycles. The van der Waals surface area contributed by atoms with Crippen molar-refractivity contribution in [3.8, 4) is 11.1 Å². The molecule has 24 heavy (non-hydrogen) atoms. The Morgan fingerprint density at radius 3 is 2.21 bits per heavy atom. The summed E-state index contributed by atoms with van der Waals surface area (Å²) in [6, 6.07) is 11.6. The highest BCUT2D eigenvalue weighted by molar-refractivity contribution is 5.99. The predicted octanol–water partition coefficient (Wildman–Crippen LogP) is 4.84. The Balaban J connectivity index is 2.50. The van der Waals surface area contributed by atoms with E-state index in [1.54, 1.807) is 24.3 Å². The van der Waals surface area contributed by atoms with Gasteiger partial charge in [0.2, 0.25) is 0 Å². The van der Waals surface area contributed by atoms with Crippen molar-refractivity contribution in [1.29, 1.82) is 0 Å². The van der Waals surface area contributed by atoms with E-state index in [0.717, 1.165) is 17.0 Å². The van der Waals surface area contributed by atoms with E-state index in [9.17, 15) is 18.0 Å². The molecule has 0 spiro atoms. The fourth-order valence-corrected chi connectivity index (χ4v) is 2.97. The van der Waals surface area contributed by atoms with Crippen LogP contribution in [0.3, 0.4) is 0 Å². The van der Waals surface area contributed by atoms with Gasteiger partial charge in [-0.25, -0.2) is 0 Å². The molecule has 0 fully saturated rings. The third kappa shape index (κ3) is 2.50. The number of alkyl halides is 3. The van der Waals surface area contributed by atoms with E-state index >= 15 is 0 Å². The van der Waals surface area contributed by atoms with Gasteiger partial charge >= 0.3 is 6.18 Å². The van der Waals surface area contributed by atoms with Crippen molar-refractivity contribution in [2.75, 3.05) is 0 Å². The number of benzene rings is 2. The minimum atomic E-state index is -4.60. The first-order chi connectivity index (χ1) is 11.2. The fraction of sp³-hybridized carbons (Fsp3) is 0.211. The lowest BCUT2D eigenvalue weighted by molar-refractivity contribution is -0.137. The van der Waals surface area contributed by atoms with Crippen molar-refractivity contribution >= 4 is 10.8 Å². The minimum absolute atomic E-state index is 0.271. The zero-order valence-electron chi connectivity index (χ0n) is 13.5. The maximum absolute atomic E-state index is 13.6. The molecule has 5 heteroatoms. The molecule has 0 saturated carbocycles. The molecule has 0 saturated heterocycles. The normalized spacial score (nSPS) is 11.9. The first-order valence-corrected chi connectivity index (χ1v) is 7.48. The Kier molecular flexibility index (Phi) is 3.74. The van der Waals surface area contributed by atoms with Gasteiger partial charge in [-0.15, -0.1) is 0 Å². The lowest BCUT2D eigenvalue weighted by Crippen LogP contribution is -2.25. The molecule has 1 heterocycles. The third-order valence-electron chi connectivity index (χ3n) is 4.39. The molecule has 0 aliphatic carbocycles. The van der Waals surface area contributed by atoms with Crippen LogP contribution in [-0.2, 0) is 13.2 Å². The van der Waals surface area contributed by atoms with E-state index in [2.05, 4.69) is 0 Å². The van der Waals surface area contributed by atoms with Gasteiger partial charge in [0.15, 0.2) is 0 Å². The highest BCUT2D eigenvalue weighted by Crippen LogP contribution is 2.38. The summed E-state index contributed by atoms with van der Waals surface area (Å²) in [4.78, 5) is 12.6. The summed E-state index contributed by atoms with van der Waals surface area (Å²) >= 11 is 0. The smallest absolute Gasteiger partial charge is 0.315 e. The first kappa shape index (κ1) is 16.3. The number of hydrogen-bond acceptors (Lipinski definition) is 1. The molecule has 0 atom stereocenters. The Morgan fingerprint density at radius 2 is 1.58 bits per heavy atom. The van der Waals surface area contributed by atoms with Crippen molar-refractivity contribution in [1.82, 2.24) is 4.57 Å². The predicted molar refractivity (Wildman–Crippen MR) is 89.1 cm³/mol. The van der Waals surface area contributed by atoms with Gasteiger partial charge in [0.25, 0.3) is 5.56 Å². The lowest BCUT2D eigenvalue weighted by Gasteiger charge is -2.17. The van der Waals surface area contributed by atoms with Crippen LogP contribution < -0.4 is 5.56 Å². The molecule has 0 N–H and O–H groups in total. The molecule has 0 unspecified atom stereocenters. The van der Waals surface area contributed by atoms with E-state index in [4.69, 9.17) is 0 Å². The molecule has 0 bridgehead atoms. The summed E-state index contributed by atoms with van der Waals surface area (Å²) in [5.74, 6) is 0. The summed E-state index contributed by atoms with van der Waals surface area (Å²) in [6.07, 6.45) is -4.60. The lowest BCUT2D eigenvalue weighted by atomic mass is 9.93. The SMILES string of the molecule is Cc1ccc(-c2c(C(F)(F)F)cc(C)n(C)c2=O)c2ccccc12. The van der Waals surface area contributed by atoms with E-state index in [0.29, 0.717) is 10.9 Å². The quantitative estimate of drug-likeness (QED) is 0.625. The molecule has 124 valence electrons. The molecular formula is C19H16F3NO. The molecular weight excluding hydrogens is 315 g/mol. The number of rotatable bonds is 1. The molecule has 2 nitrogen and oxygen atoms in total. The van der Waals surface area contributed by atoms with Crippen LogP contribution in [0.25, 0.3) is 21.9 Å². The average Bonchev–Trinajstić information content (AvgIpc) is 2.53. The van der Waals surface area contributed by atoms with E-state index in [1.165, 1.54) is 18.5 Å². The van der Waals surface area contributed by atoms with Gasteiger partial charge in [-0.1, -0.05) is 36.4 Å². The highest BCUT2D eigenvalue weighted by atomic mass is 19.4. The van der Waals surface area contributed by atoms with Gasteiger partial charge in [-0.2, -0.15) is 13.2 Å². The number of hydrogen-bond donors (Lipinski definition) is 0. The van der Waals surface area contributed by atoms with Crippen molar-refractivity contribution in [2.24, 2.45) is 7.05 Å². The summed E-state index contributed by atoms with van der Waals surface area (Å²) in [5, 5.41) is 1.48. The van der Waals surface area contributed by atoms with E-state index < -0.39 is 17.3 Å². The molecule has 2 aromatic carbocycles. The summed E-state index contributed by atoms with van der Waals surface area (Å²) < 4.78 is 41.9. The zero-order chi connectivity index (χ0) is 17.6. The maximum atomic E-state index is 13.6. The second-order valence-corrected chi connectivity index (χ2v) is 5.91. The average molecular weight is 331 g/mol.